The van der Waals surface area contributed by atoms with Crippen LogP contribution in [0.2, 0.25) is 0 Å². The summed E-state index contributed by atoms with van der Waals surface area (Å²) in [7, 11) is 0. The van der Waals surface area contributed by atoms with Crippen molar-refractivity contribution in [2.45, 2.75) is 27.2 Å². The number of aryl methyl sites for hydroxylation is 1. The molecule has 1 aromatic rings. The normalized spacial score (nSPS) is 10.5. The number of carbonyl (C=O) groups is 1. The highest BCUT2D eigenvalue weighted by molar-refractivity contribution is 5.82. The molecule has 0 radical (unpaired) electrons. The maximum atomic E-state index is 11.4. The van der Waals surface area contributed by atoms with Crippen LogP contribution < -0.4 is 0 Å². The number of carbonyl (C=O) groups excluding carboxylic acids is 1. The Bertz CT molecular complexity index is 305. The average Bonchev–Trinajstić information content (AvgIpc) is 2.04. The van der Waals surface area contributed by atoms with Crippen LogP contribution in [0.25, 0.3) is 0 Å². The fourth-order valence-electron chi connectivity index (χ4n) is 1.12. The number of rotatable bonds is 3. The third kappa shape index (κ3) is 2.98. The van der Waals surface area contributed by atoms with Crippen LogP contribution in [0.3, 0.4) is 0 Å². The molecule has 70 valence electrons. The van der Waals surface area contributed by atoms with Crippen LogP contribution in [0.15, 0.2) is 18.3 Å². The second kappa shape index (κ2) is 4.17. The van der Waals surface area contributed by atoms with E-state index < -0.39 is 0 Å². The SMILES string of the molecule is Cc1cc(CC(=O)C(C)C)ccn1. The minimum absolute atomic E-state index is 0.119. The second-order valence-corrected chi connectivity index (χ2v) is 3.60. The van der Waals surface area contributed by atoms with Crippen molar-refractivity contribution in [3.8, 4) is 0 Å². The van der Waals surface area contributed by atoms with Crippen LogP contribution in [-0.2, 0) is 11.2 Å². The molecule has 0 amide bonds. The molecule has 1 rings (SSSR count). The standard InChI is InChI=1S/C11H15NO/c1-8(2)11(13)7-10-4-5-12-9(3)6-10/h4-6,8H,7H2,1-3H3. The van der Waals surface area contributed by atoms with Gasteiger partial charge in [-0.05, 0) is 24.6 Å². The molecule has 13 heavy (non-hydrogen) atoms. The first-order valence-corrected chi connectivity index (χ1v) is 4.54. The van der Waals surface area contributed by atoms with Crippen LogP contribution in [0.4, 0.5) is 0 Å². The summed E-state index contributed by atoms with van der Waals surface area (Å²) in [6.45, 7) is 5.79. The fraction of sp³-hybridized carbons (Fsp3) is 0.455. The fourth-order valence-corrected chi connectivity index (χ4v) is 1.12. The summed E-state index contributed by atoms with van der Waals surface area (Å²) in [6.07, 6.45) is 2.28. The summed E-state index contributed by atoms with van der Waals surface area (Å²) in [4.78, 5) is 15.5. The molecule has 1 aromatic heterocycles. The van der Waals surface area contributed by atoms with Gasteiger partial charge in [0.25, 0.3) is 0 Å². The summed E-state index contributed by atoms with van der Waals surface area (Å²) in [5, 5.41) is 0. The van der Waals surface area contributed by atoms with Crippen molar-refractivity contribution < 1.29 is 4.79 Å². The lowest BCUT2D eigenvalue weighted by Gasteiger charge is -2.04. The van der Waals surface area contributed by atoms with E-state index in [4.69, 9.17) is 0 Å². The number of hydrogen-bond acceptors (Lipinski definition) is 2. The highest BCUT2D eigenvalue weighted by Crippen LogP contribution is 2.06. The van der Waals surface area contributed by atoms with Crippen molar-refractivity contribution in [2.75, 3.05) is 0 Å². The van der Waals surface area contributed by atoms with E-state index in [2.05, 4.69) is 4.98 Å². The molecule has 2 nitrogen and oxygen atoms in total. The lowest BCUT2D eigenvalue weighted by molar-refractivity contribution is -0.121. The van der Waals surface area contributed by atoms with Gasteiger partial charge in [-0.15, -0.1) is 0 Å². The molecule has 1 heterocycles. The largest absolute Gasteiger partial charge is 0.299 e. The predicted octanol–water partition coefficient (Wildman–Crippen LogP) is 2.16. The van der Waals surface area contributed by atoms with Gasteiger partial charge < -0.3 is 0 Å². The molecular weight excluding hydrogens is 162 g/mol. The second-order valence-electron chi connectivity index (χ2n) is 3.60. The van der Waals surface area contributed by atoms with Crippen molar-refractivity contribution in [1.82, 2.24) is 4.98 Å². The van der Waals surface area contributed by atoms with E-state index in [1.165, 1.54) is 0 Å². The molecular formula is C11H15NO. The molecule has 0 aliphatic rings. The lowest BCUT2D eigenvalue weighted by atomic mass is 10.0. The molecule has 0 bridgehead atoms. The molecule has 0 spiro atoms. The van der Waals surface area contributed by atoms with Crippen molar-refractivity contribution in [1.29, 1.82) is 0 Å². The molecule has 0 atom stereocenters. The molecule has 2 heteroatoms. The molecule has 0 aliphatic carbocycles. The van der Waals surface area contributed by atoms with Gasteiger partial charge in [0.15, 0.2) is 0 Å². The zero-order valence-electron chi connectivity index (χ0n) is 8.37. The number of Topliss-reactive ketones (excluding diaryl/α,β-unsaturated/α-hetero) is 1. The Kier molecular flexibility index (Phi) is 3.18. The van der Waals surface area contributed by atoms with Crippen LogP contribution >= 0.6 is 0 Å². The van der Waals surface area contributed by atoms with Gasteiger partial charge in [0.2, 0.25) is 0 Å². The number of pyridine rings is 1. The van der Waals surface area contributed by atoms with Gasteiger partial charge in [-0.1, -0.05) is 13.8 Å². The van der Waals surface area contributed by atoms with Crippen molar-refractivity contribution in [2.24, 2.45) is 5.92 Å². The summed E-state index contributed by atoms with van der Waals surface area (Å²) < 4.78 is 0. The Balaban J connectivity index is 2.69. The van der Waals surface area contributed by atoms with E-state index in [0.29, 0.717) is 6.42 Å². The highest BCUT2D eigenvalue weighted by Gasteiger charge is 2.07. The van der Waals surface area contributed by atoms with Gasteiger partial charge >= 0.3 is 0 Å². The van der Waals surface area contributed by atoms with Crippen LogP contribution in [0.1, 0.15) is 25.1 Å². The van der Waals surface area contributed by atoms with E-state index in [9.17, 15) is 4.79 Å². The monoisotopic (exact) mass is 177 g/mol. The molecule has 0 saturated heterocycles. The smallest absolute Gasteiger partial charge is 0.139 e. The number of ketones is 1. The molecule has 0 N–H and O–H groups in total. The first-order chi connectivity index (χ1) is 6.09. The Labute approximate surface area is 79.0 Å². The first kappa shape index (κ1) is 9.90. The predicted molar refractivity (Wildman–Crippen MR) is 52.5 cm³/mol. The third-order valence-corrected chi connectivity index (χ3v) is 1.98. The summed E-state index contributed by atoms with van der Waals surface area (Å²) in [5.41, 5.74) is 2.03. The van der Waals surface area contributed by atoms with Gasteiger partial charge in [-0.2, -0.15) is 0 Å². The van der Waals surface area contributed by atoms with Crippen LogP contribution in [-0.4, -0.2) is 10.8 Å². The Hall–Kier alpha value is -1.18. The van der Waals surface area contributed by atoms with E-state index in [-0.39, 0.29) is 11.7 Å². The zero-order valence-corrected chi connectivity index (χ0v) is 8.37. The van der Waals surface area contributed by atoms with Crippen LogP contribution in [0, 0.1) is 12.8 Å². The lowest BCUT2D eigenvalue weighted by Crippen LogP contribution is -2.10. The number of aromatic nitrogens is 1. The summed E-state index contributed by atoms with van der Waals surface area (Å²) in [6, 6.07) is 3.85. The Morgan fingerprint density at radius 2 is 2.23 bits per heavy atom. The quantitative estimate of drug-likeness (QED) is 0.708. The Morgan fingerprint density at radius 3 is 2.77 bits per heavy atom. The number of nitrogens with zero attached hydrogens (tertiary/aromatic N) is 1. The molecule has 0 fully saturated rings. The van der Waals surface area contributed by atoms with Gasteiger partial charge in [0, 0.05) is 24.2 Å². The van der Waals surface area contributed by atoms with E-state index in [1.54, 1.807) is 6.20 Å². The van der Waals surface area contributed by atoms with Crippen LogP contribution in [0.5, 0.6) is 0 Å². The van der Waals surface area contributed by atoms with Gasteiger partial charge in [0.05, 0.1) is 0 Å². The molecule has 0 aliphatic heterocycles. The summed E-state index contributed by atoms with van der Waals surface area (Å²) in [5.74, 6) is 0.402. The van der Waals surface area contributed by atoms with Crippen molar-refractivity contribution in [3.05, 3.63) is 29.6 Å². The maximum absolute atomic E-state index is 11.4. The summed E-state index contributed by atoms with van der Waals surface area (Å²) >= 11 is 0. The number of hydrogen-bond donors (Lipinski definition) is 0. The zero-order chi connectivity index (χ0) is 9.84. The average molecular weight is 177 g/mol. The van der Waals surface area contributed by atoms with Gasteiger partial charge in [0.1, 0.15) is 5.78 Å². The van der Waals surface area contributed by atoms with Crippen molar-refractivity contribution >= 4 is 5.78 Å². The third-order valence-electron chi connectivity index (χ3n) is 1.98. The van der Waals surface area contributed by atoms with Gasteiger partial charge in [-0.25, -0.2) is 0 Å². The van der Waals surface area contributed by atoms with E-state index in [0.717, 1.165) is 11.3 Å². The minimum atomic E-state index is 0.119. The molecule has 0 unspecified atom stereocenters. The Morgan fingerprint density at radius 1 is 1.54 bits per heavy atom. The molecule has 0 aromatic carbocycles. The maximum Gasteiger partial charge on any atom is 0.139 e. The topological polar surface area (TPSA) is 30.0 Å². The first-order valence-electron chi connectivity index (χ1n) is 4.54. The van der Waals surface area contributed by atoms with Crippen molar-refractivity contribution in [3.63, 3.8) is 0 Å². The van der Waals surface area contributed by atoms with E-state index in [1.807, 2.05) is 32.9 Å². The minimum Gasteiger partial charge on any atom is -0.299 e. The highest BCUT2D eigenvalue weighted by atomic mass is 16.1. The molecule has 0 saturated carbocycles. The van der Waals surface area contributed by atoms with E-state index >= 15 is 0 Å². The van der Waals surface area contributed by atoms with Gasteiger partial charge in [-0.3, -0.25) is 9.78 Å².